The predicted molar refractivity (Wildman–Crippen MR) is 90.5 cm³/mol. The number of anilines is 2. The quantitative estimate of drug-likeness (QED) is 0.711. The van der Waals surface area contributed by atoms with Crippen molar-refractivity contribution in [3.05, 3.63) is 39.6 Å². The van der Waals surface area contributed by atoms with E-state index in [1.165, 1.54) is 0 Å². The molecule has 0 radical (unpaired) electrons. The third-order valence-corrected chi connectivity index (χ3v) is 3.77. The van der Waals surface area contributed by atoms with Crippen LogP contribution >= 0.6 is 27.5 Å². The van der Waals surface area contributed by atoms with Crippen LogP contribution in [0.2, 0.25) is 5.02 Å². The standard InChI is InChI=1S/C15H19BrClN3O/c1-3-21-8-4-7-20-10-11(2)18-15(20)19-14-6-5-12(16)9-13(14)17/h5-6,9-10H,3-4,7-8H2,1-2H3,(H,18,19). The average molecular weight is 373 g/mol. The summed E-state index contributed by atoms with van der Waals surface area (Å²) in [7, 11) is 0. The van der Waals surface area contributed by atoms with Crippen molar-refractivity contribution in [3.8, 4) is 0 Å². The summed E-state index contributed by atoms with van der Waals surface area (Å²) >= 11 is 9.64. The van der Waals surface area contributed by atoms with Crippen molar-refractivity contribution in [2.75, 3.05) is 18.5 Å². The zero-order chi connectivity index (χ0) is 15.2. The Hall–Kier alpha value is -1.04. The number of halogens is 2. The van der Waals surface area contributed by atoms with E-state index in [4.69, 9.17) is 16.3 Å². The van der Waals surface area contributed by atoms with Crippen LogP contribution in [0.25, 0.3) is 0 Å². The number of aromatic nitrogens is 2. The fraction of sp³-hybridized carbons (Fsp3) is 0.400. The van der Waals surface area contributed by atoms with Gasteiger partial charge in [-0.25, -0.2) is 4.98 Å². The first-order chi connectivity index (χ1) is 10.1. The number of imidazole rings is 1. The number of hydrogen-bond donors (Lipinski definition) is 1. The highest BCUT2D eigenvalue weighted by molar-refractivity contribution is 9.10. The monoisotopic (exact) mass is 371 g/mol. The van der Waals surface area contributed by atoms with Crippen molar-refractivity contribution in [2.45, 2.75) is 26.8 Å². The molecule has 4 nitrogen and oxygen atoms in total. The molecule has 21 heavy (non-hydrogen) atoms. The Labute approximate surface area is 138 Å². The second kappa shape index (κ2) is 7.82. The normalized spacial score (nSPS) is 10.9. The highest BCUT2D eigenvalue weighted by Gasteiger charge is 2.08. The molecule has 0 saturated heterocycles. The Bertz CT molecular complexity index is 601. The molecule has 0 unspecified atom stereocenters. The minimum absolute atomic E-state index is 0.658. The van der Waals surface area contributed by atoms with Crippen molar-refractivity contribution in [2.24, 2.45) is 0 Å². The van der Waals surface area contributed by atoms with Crippen LogP contribution in [0.3, 0.4) is 0 Å². The number of rotatable bonds is 7. The Kier molecular flexibility index (Phi) is 6.08. The van der Waals surface area contributed by atoms with Gasteiger partial charge < -0.3 is 14.6 Å². The molecule has 0 saturated carbocycles. The maximum Gasteiger partial charge on any atom is 0.207 e. The van der Waals surface area contributed by atoms with Crippen molar-refractivity contribution in [1.29, 1.82) is 0 Å². The van der Waals surface area contributed by atoms with Gasteiger partial charge in [-0.3, -0.25) is 0 Å². The molecule has 2 aromatic rings. The Morgan fingerprint density at radius 2 is 2.24 bits per heavy atom. The lowest BCUT2D eigenvalue weighted by molar-refractivity contribution is 0.142. The van der Waals surface area contributed by atoms with Gasteiger partial charge in [-0.1, -0.05) is 27.5 Å². The summed E-state index contributed by atoms with van der Waals surface area (Å²) in [4.78, 5) is 4.51. The molecule has 0 aliphatic rings. The van der Waals surface area contributed by atoms with Crippen molar-refractivity contribution in [3.63, 3.8) is 0 Å². The molecule has 2 rings (SSSR count). The molecule has 0 bridgehead atoms. The maximum atomic E-state index is 6.23. The van der Waals surface area contributed by atoms with Crippen LogP contribution in [0.1, 0.15) is 19.0 Å². The number of ether oxygens (including phenoxy) is 1. The van der Waals surface area contributed by atoms with E-state index in [0.29, 0.717) is 5.02 Å². The summed E-state index contributed by atoms with van der Waals surface area (Å²) in [6.45, 7) is 6.35. The SMILES string of the molecule is CCOCCCn1cc(C)nc1Nc1ccc(Br)cc1Cl. The first-order valence-corrected chi connectivity index (χ1v) is 8.11. The molecule has 0 amide bonds. The number of benzene rings is 1. The van der Waals surface area contributed by atoms with Crippen LogP contribution in [-0.2, 0) is 11.3 Å². The van der Waals surface area contributed by atoms with Gasteiger partial charge in [0.05, 0.1) is 16.4 Å². The van der Waals surface area contributed by atoms with Crippen LogP contribution in [0.5, 0.6) is 0 Å². The number of hydrogen-bond acceptors (Lipinski definition) is 3. The molecule has 1 heterocycles. The maximum absolute atomic E-state index is 6.23. The Morgan fingerprint density at radius 1 is 1.43 bits per heavy atom. The lowest BCUT2D eigenvalue weighted by Gasteiger charge is -2.11. The van der Waals surface area contributed by atoms with Crippen LogP contribution in [-0.4, -0.2) is 22.8 Å². The Morgan fingerprint density at radius 3 is 2.95 bits per heavy atom. The van der Waals surface area contributed by atoms with Gasteiger partial charge in [0.1, 0.15) is 0 Å². The molecule has 0 atom stereocenters. The highest BCUT2D eigenvalue weighted by atomic mass is 79.9. The average Bonchev–Trinajstić information content (AvgIpc) is 2.78. The summed E-state index contributed by atoms with van der Waals surface area (Å²) in [5.74, 6) is 0.799. The molecule has 0 spiro atoms. The number of nitrogens with zero attached hydrogens (tertiary/aromatic N) is 2. The van der Waals surface area contributed by atoms with Gasteiger partial charge in [0.25, 0.3) is 0 Å². The van der Waals surface area contributed by atoms with E-state index in [0.717, 1.165) is 48.0 Å². The summed E-state index contributed by atoms with van der Waals surface area (Å²) < 4.78 is 8.42. The molecule has 1 N–H and O–H groups in total. The van der Waals surface area contributed by atoms with Crippen LogP contribution < -0.4 is 5.32 Å². The molecular weight excluding hydrogens is 354 g/mol. The van der Waals surface area contributed by atoms with Crippen LogP contribution in [0.15, 0.2) is 28.9 Å². The van der Waals surface area contributed by atoms with E-state index in [9.17, 15) is 0 Å². The third-order valence-electron chi connectivity index (χ3n) is 2.97. The van der Waals surface area contributed by atoms with Gasteiger partial charge in [-0.15, -0.1) is 0 Å². The van der Waals surface area contributed by atoms with Crippen LogP contribution in [0, 0.1) is 6.92 Å². The van der Waals surface area contributed by atoms with Gasteiger partial charge >= 0.3 is 0 Å². The van der Waals surface area contributed by atoms with Crippen molar-refractivity contribution in [1.82, 2.24) is 9.55 Å². The molecule has 0 aliphatic carbocycles. The van der Waals surface area contributed by atoms with Gasteiger partial charge in [-0.2, -0.15) is 0 Å². The lowest BCUT2D eigenvalue weighted by atomic mass is 10.3. The van der Waals surface area contributed by atoms with E-state index >= 15 is 0 Å². The third kappa shape index (κ3) is 4.73. The first kappa shape index (κ1) is 16.3. The lowest BCUT2D eigenvalue weighted by Crippen LogP contribution is -2.06. The fourth-order valence-corrected chi connectivity index (χ4v) is 2.73. The smallest absolute Gasteiger partial charge is 0.207 e. The molecular formula is C15H19BrClN3O. The molecule has 114 valence electrons. The second-order valence-corrected chi connectivity index (χ2v) is 6.02. The largest absolute Gasteiger partial charge is 0.382 e. The van der Waals surface area contributed by atoms with Gasteiger partial charge in [-0.05, 0) is 38.5 Å². The van der Waals surface area contributed by atoms with E-state index in [2.05, 4.69) is 30.8 Å². The molecule has 6 heteroatoms. The second-order valence-electron chi connectivity index (χ2n) is 4.70. The van der Waals surface area contributed by atoms with Gasteiger partial charge in [0.15, 0.2) is 0 Å². The minimum Gasteiger partial charge on any atom is -0.382 e. The zero-order valence-electron chi connectivity index (χ0n) is 12.2. The fourth-order valence-electron chi connectivity index (χ4n) is 2.01. The Balaban J connectivity index is 2.08. The van der Waals surface area contributed by atoms with Crippen LogP contribution in [0.4, 0.5) is 11.6 Å². The number of aryl methyl sites for hydroxylation is 2. The molecule has 0 aliphatic heterocycles. The van der Waals surface area contributed by atoms with E-state index in [1.54, 1.807) is 0 Å². The first-order valence-electron chi connectivity index (χ1n) is 6.93. The summed E-state index contributed by atoms with van der Waals surface area (Å²) in [6, 6.07) is 5.74. The van der Waals surface area contributed by atoms with Gasteiger partial charge in [0, 0.05) is 30.4 Å². The summed E-state index contributed by atoms with van der Waals surface area (Å²) in [6.07, 6.45) is 2.98. The van der Waals surface area contributed by atoms with E-state index in [-0.39, 0.29) is 0 Å². The van der Waals surface area contributed by atoms with Gasteiger partial charge in [0.2, 0.25) is 5.95 Å². The summed E-state index contributed by atoms with van der Waals surface area (Å²) in [5, 5.41) is 3.95. The van der Waals surface area contributed by atoms with E-state index < -0.39 is 0 Å². The zero-order valence-corrected chi connectivity index (χ0v) is 14.5. The number of nitrogens with one attached hydrogen (secondary N) is 1. The highest BCUT2D eigenvalue weighted by Crippen LogP contribution is 2.28. The summed E-state index contributed by atoms with van der Waals surface area (Å²) in [5.41, 5.74) is 1.82. The van der Waals surface area contributed by atoms with Crippen molar-refractivity contribution < 1.29 is 4.74 Å². The topological polar surface area (TPSA) is 39.1 Å². The predicted octanol–water partition coefficient (Wildman–Crippen LogP) is 4.78. The minimum atomic E-state index is 0.658. The molecule has 1 aromatic carbocycles. The molecule has 0 fully saturated rings. The van der Waals surface area contributed by atoms with Crippen molar-refractivity contribution >= 4 is 39.2 Å². The molecule has 1 aromatic heterocycles. The van der Waals surface area contributed by atoms with E-state index in [1.807, 2.05) is 38.2 Å².